The largest absolute Gasteiger partial charge is 0.301 e. The molecule has 80 valence electrons. The highest BCUT2D eigenvalue weighted by molar-refractivity contribution is 7.90. The Morgan fingerprint density at radius 2 is 1.93 bits per heavy atom. The third-order valence-electron chi connectivity index (χ3n) is 3.01. The Bertz CT molecular complexity index is 510. The lowest BCUT2D eigenvalue weighted by Crippen LogP contribution is -2.38. The molecular weight excluding hydrogens is 212 g/mol. The second kappa shape index (κ2) is 2.96. The Hall–Kier alpha value is -1.07. The predicted octanol–water partition coefficient (Wildman–Crippen LogP) is 0.440. The van der Waals surface area contributed by atoms with Crippen LogP contribution >= 0.6 is 0 Å². The quantitative estimate of drug-likeness (QED) is 0.695. The molecule has 0 aromatic heterocycles. The van der Waals surface area contributed by atoms with Crippen LogP contribution in [0.3, 0.4) is 0 Å². The van der Waals surface area contributed by atoms with Gasteiger partial charge in [-0.25, -0.2) is 0 Å². The van der Waals surface area contributed by atoms with Crippen molar-refractivity contribution < 1.29 is 8.42 Å². The summed E-state index contributed by atoms with van der Waals surface area (Å²) in [5.74, 6) is 0. The van der Waals surface area contributed by atoms with Gasteiger partial charge in [0.15, 0.2) is 0 Å². The van der Waals surface area contributed by atoms with E-state index in [2.05, 4.69) is 4.72 Å². The molecule has 2 heterocycles. The van der Waals surface area contributed by atoms with E-state index >= 15 is 0 Å². The van der Waals surface area contributed by atoms with Crippen LogP contribution in [0.2, 0.25) is 0 Å². The molecule has 0 atom stereocenters. The van der Waals surface area contributed by atoms with E-state index in [1.54, 1.807) is 0 Å². The second-order valence-corrected chi connectivity index (χ2v) is 5.58. The van der Waals surface area contributed by atoms with Crippen LogP contribution in [0.25, 0.3) is 0 Å². The van der Waals surface area contributed by atoms with E-state index in [0.717, 1.165) is 29.7 Å². The molecule has 0 radical (unpaired) electrons. The van der Waals surface area contributed by atoms with Crippen molar-refractivity contribution in [2.75, 3.05) is 17.4 Å². The summed E-state index contributed by atoms with van der Waals surface area (Å²) >= 11 is 0. The smallest absolute Gasteiger partial charge is 0.257 e. The van der Waals surface area contributed by atoms with E-state index in [1.807, 2.05) is 18.2 Å². The summed E-state index contributed by atoms with van der Waals surface area (Å²) in [6.45, 7) is 1.07. The lowest BCUT2D eigenvalue weighted by molar-refractivity contribution is 0.580. The van der Waals surface area contributed by atoms with Crippen molar-refractivity contribution >= 4 is 15.9 Å². The van der Waals surface area contributed by atoms with Crippen LogP contribution in [0, 0.1) is 0 Å². The van der Waals surface area contributed by atoms with Crippen LogP contribution < -0.4 is 9.03 Å². The van der Waals surface area contributed by atoms with Gasteiger partial charge in [-0.1, -0.05) is 18.2 Å². The predicted molar refractivity (Wildman–Crippen MR) is 58.1 cm³/mol. The van der Waals surface area contributed by atoms with Crippen molar-refractivity contribution in [2.24, 2.45) is 0 Å². The minimum absolute atomic E-state index is 0.495. The Balaban J connectivity index is 2.26. The molecule has 4 nitrogen and oxygen atoms in total. The molecule has 0 unspecified atom stereocenters. The molecule has 1 aromatic carbocycles. The molecule has 1 N–H and O–H groups in total. The summed E-state index contributed by atoms with van der Waals surface area (Å²) in [5, 5.41) is 0. The Morgan fingerprint density at radius 3 is 2.73 bits per heavy atom. The van der Waals surface area contributed by atoms with Crippen LogP contribution in [-0.4, -0.2) is 21.5 Å². The van der Waals surface area contributed by atoms with E-state index in [4.69, 9.17) is 0 Å². The number of hydrogen-bond donors (Lipinski definition) is 1. The van der Waals surface area contributed by atoms with Gasteiger partial charge in [0.25, 0.3) is 0 Å². The lowest BCUT2D eigenvalue weighted by Gasteiger charge is -2.18. The summed E-state index contributed by atoms with van der Waals surface area (Å²) in [5.41, 5.74) is 3.21. The van der Waals surface area contributed by atoms with Crippen LogP contribution in [0.4, 0.5) is 5.69 Å². The zero-order chi connectivity index (χ0) is 10.5. The maximum Gasteiger partial charge on any atom is 0.301 e. The minimum Gasteiger partial charge on any atom is -0.257 e. The van der Waals surface area contributed by atoms with E-state index in [1.165, 1.54) is 4.31 Å². The maximum atomic E-state index is 11.8. The number of hydrogen-bond acceptors (Lipinski definition) is 2. The fourth-order valence-corrected chi connectivity index (χ4v) is 3.66. The van der Waals surface area contributed by atoms with Crippen molar-refractivity contribution in [3.63, 3.8) is 0 Å². The standard InChI is InChI=1S/C10H12N2O2S/c13-15(14)11-6-4-8-2-1-3-9-5-7-12(15)10(8)9/h1-3,11H,4-7H2. The fourth-order valence-electron chi connectivity index (χ4n) is 2.34. The van der Waals surface area contributed by atoms with Gasteiger partial charge in [0.05, 0.1) is 5.69 Å². The van der Waals surface area contributed by atoms with Gasteiger partial charge in [-0.3, -0.25) is 4.31 Å². The van der Waals surface area contributed by atoms with Crippen molar-refractivity contribution in [2.45, 2.75) is 12.8 Å². The number of rotatable bonds is 0. The topological polar surface area (TPSA) is 49.4 Å². The summed E-state index contributed by atoms with van der Waals surface area (Å²) in [6.07, 6.45) is 1.60. The molecule has 0 saturated carbocycles. The third-order valence-corrected chi connectivity index (χ3v) is 4.52. The normalized spacial score (nSPS) is 22.3. The molecule has 1 aromatic rings. The Kier molecular flexibility index (Phi) is 1.81. The number of nitrogens with one attached hydrogen (secondary N) is 1. The Morgan fingerprint density at radius 1 is 1.20 bits per heavy atom. The summed E-state index contributed by atoms with van der Waals surface area (Å²) < 4.78 is 27.8. The first-order valence-electron chi connectivity index (χ1n) is 5.06. The van der Waals surface area contributed by atoms with Crippen molar-refractivity contribution in [3.05, 3.63) is 29.3 Å². The molecular formula is C10H12N2O2S. The van der Waals surface area contributed by atoms with E-state index in [9.17, 15) is 8.42 Å². The van der Waals surface area contributed by atoms with E-state index in [-0.39, 0.29) is 0 Å². The summed E-state index contributed by atoms with van der Waals surface area (Å²) in [4.78, 5) is 0. The van der Waals surface area contributed by atoms with Crippen molar-refractivity contribution in [3.8, 4) is 0 Å². The zero-order valence-electron chi connectivity index (χ0n) is 8.23. The highest BCUT2D eigenvalue weighted by Crippen LogP contribution is 2.34. The third kappa shape index (κ3) is 1.27. The summed E-state index contributed by atoms with van der Waals surface area (Å²) in [6, 6.07) is 6.04. The van der Waals surface area contributed by atoms with E-state index in [0.29, 0.717) is 13.1 Å². The van der Waals surface area contributed by atoms with Crippen LogP contribution in [-0.2, 0) is 23.1 Å². The maximum absolute atomic E-state index is 11.8. The molecule has 2 aliphatic rings. The highest BCUT2D eigenvalue weighted by Gasteiger charge is 2.32. The summed E-state index contributed by atoms with van der Waals surface area (Å²) in [7, 11) is -3.29. The van der Waals surface area contributed by atoms with Gasteiger partial charge in [-0.15, -0.1) is 0 Å². The second-order valence-electron chi connectivity index (χ2n) is 3.90. The van der Waals surface area contributed by atoms with Gasteiger partial charge in [-0.2, -0.15) is 13.1 Å². The van der Waals surface area contributed by atoms with Crippen molar-refractivity contribution in [1.82, 2.24) is 4.72 Å². The van der Waals surface area contributed by atoms with E-state index < -0.39 is 10.2 Å². The lowest BCUT2D eigenvalue weighted by atomic mass is 10.1. The first-order valence-corrected chi connectivity index (χ1v) is 6.50. The average molecular weight is 224 g/mol. The Labute approximate surface area is 89.1 Å². The number of para-hydroxylation sites is 1. The van der Waals surface area contributed by atoms with Crippen molar-refractivity contribution in [1.29, 1.82) is 0 Å². The number of nitrogens with zero attached hydrogens (tertiary/aromatic N) is 1. The number of benzene rings is 1. The molecule has 0 amide bonds. The molecule has 3 rings (SSSR count). The number of anilines is 1. The molecule has 0 aliphatic carbocycles. The minimum atomic E-state index is -3.29. The molecule has 15 heavy (non-hydrogen) atoms. The van der Waals surface area contributed by atoms with Gasteiger partial charge in [0.2, 0.25) is 0 Å². The molecule has 0 saturated heterocycles. The van der Waals surface area contributed by atoms with Gasteiger partial charge in [-0.05, 0) is 24.0 Å². The first-order chi connectivity index (χ1) is 7.18. The zero-order valence-corrected chi connectivity index (χ0v) is 9.05. The van der Waals surface area contributed by atoms with Gasteiger partial charge in [0, 0.05) is 13.1 Å². The SMILES string of the molecule is O=S1(=O)NCCc2cccc3c2N1CC3. The molecule has 0 fully saturated rings. The molecule has 0 bridgehead atoms. The van der Waals surface area contributed by atoms with Crippen LogP contribution in [0.5, 0.6) is 0 Å². The first kappa shape index (κ1) is 9.18. The average Bonchev–Trinajstić information content (AvgIpc) is 2.56. The van der Waals surface area contributed by atoms with Crippen LogP contribution in [0.15, 0.2) is 18.2 Å². The van der Waals surface area contributed by atoms with Gasteiger partial charge >= 0.3 is 10.2 Å². The monoisotopic (exact) mass is 224 g/mol. The molecule has 5 heteroatoms. The van der Waals surface area contributed by atoms with Crippen LogP contribution in [0.1, 0.15) is 11.1 Å². The highest BCUT2D eigenvalue weighted by atomic mass is 32.2. The molecule has 0 spiro atoms. The molecule has 2 aliphatic heterocycles. The fraction of sp³-hybridized carbons (Fsp3) is 0.400. The van der Waals surface area contributed by atoms with Gasteiger partial charge in [0.1, 0.15) is 0 Å². The van der Waals surface area contributed by atoms with Gasteiger partial charge < -0.3 is 0 Å².